The lowest BCUT2D eigenvalue weighted by atomic mass is 10.0. The third kappa shape index (κ3) is 3.09. The third-order valence-electron chi connectivity index (χ3n) is 2.63. The highest BCUT2D eigenvalue weighted by Gasteiger charge is 2.20. The first-order valence-corrected chi connectivity index (χ1v) is 4.99. The van der Waals surface area contributed by atoms with E-state index in [2.05, 4.69) is 4.90 Å². The Hall–Kier alpha value is -0.120. The van der Waals surface area contributed by atoms with Gasteiger partial charge in [-0.2, -0.15) is 0 Å². The molecule has 0 aromatic carbocycles. The molecule has 1 heterocycles. The van der Waals surface area contributed by atoms with Gasteiger partial charge in [0.1, 0.15) is 0 Å². The normalized spacial score (nSPS) is 25.0. The minimum absolute atomic E-state index is 0.795. The molecule has 1 rings (SSSR count). The second-order valence-electron chi connectivity index (χ2n) is 3.67. The second kappa shape index (κ2) is 5.51. The summed E-state index contributed by atoms with van der Waals surface area (Å²) in [7, 11) is 0. The molecule has 72 valence electrons. The Balaban J connectivity index is 2.08. The standard InChI is InChI=1S/C9H21N3/c10-4-1-2-9-3-6-12(8-9)7-5-11/h9H,1-8,10-11H2. The molecule has 1 fully saturated rings. The van der Waals surface area contributed by atoms with Gasteiger partial charge in [-0.15, -0.1) is 0 Å². The third-order valence-corrected chi connectivity index (χ3v) is 2.63. The van der Waals surface area contributed by atoms with Crippen molar-refractivity contribution >= 4 is 0 Å². The molecule has 1 atom stereocenters. The maximum Gasteiger partial charge on any atom is 0.0105 e. The summed E-state index contributed by atoms with van der Waals surface area (Å²) >= 11 is 0. The number of likely N-dealkylation sites (tertiary alicyclic amines) is 1. The molecule has 0 saturated carbocycles. The molecule has 1 saturated heterocycles. The molecule has 0 aromatic heterocycles. The molecule has 4 N–H and O–H groups in total. The molecular weight excluding hydrogens is 150 g/mol. The number of nitrogens with zero attached hydrogens (tertiary/aromatic N) is 1. The molecule has 3 heteroatoms. The Morgan fingerprint density at radius 3 is 2.75 bits per heavy atom. The Labute approximate surface area is 75.1 Å². The van der Waals surface area contributed by atoms with Crippen molar-refractivity contribution in [2.45, 2.75) is 19.3 Å². The van der Waals surface area contributed by atoms with Gasteiger partial charge in [0.15, 0.2) is 0 Å². The van der Waals surface area contributed by atoms with Crippen molar-refractivity contribution < 1.29 is 0 Å². The molecule has 0 bridgehead atoms. The van der Waals surface area contributed by atoms with Crippen LogP contribution in [0, 0.1) is 5.92 Å². The lowest BCUT2D eigenvalue weighted by Gasteiger charge is -2.13. The summed E-state index contributed by atoms with van der Waals surface area (Å²) in [6.45, 7) is 5.19. The minimum Gasteiger partial charge on any atom is -0.330 e. The molecule has 0 amide bonds. The van der Waals surface area contributed by atoms with E-state index in [0.717, 1.165) is 25.6 Å². The van der Waals surface area contributed by atoms with E-state index in [-0.39, 0.29) is 0 Å². The second-order valence-corrected chi connectivity index (χ2v) is 3.67. The van der Waals surface area contributed by atoms with Gasteiger partial charge in [0.2, 0.25) is 0 Å². The molecule has 12 heavy (non-hydrogen) atoms. The van der Waals surface area contributed by atoms with Crippen LogP contribution in [-0.2, 0) is 0 Å². The van der Waals surface area contributed by atoms with Crippen molar-refractivity contribution in [1.29, 1.82) is 0 Å². The Morgan fingerprint density at radius 2 is 2.08 bits per heavy atom. The first-order chi connectivity index (χ1) is 5.86. The highest BCUT2D eigenvalue weighted by Crippen LogP contribution is 2.19. The van der Waals surface area contributed by atoms with E-state index >= 15 is 0 Å². The summed E-state index contributed by atoms with van der Waals surface area (Å²) in [5.41, 5.74) is 11.0. The lowest BCUT2D eigenvalue weighted by molar-refractivity contribution is 0.328. The Bertz CT molecular complexity index is 116. The van der Waals surface area contributed by atoms with Crippen LogP contribution in [-0.4, -0.2) is 37.6 Å². The zero-order chi connectivity index (χ0) is 8.81. The van der Waals surface area contributed by atoms with Crippen LogP contribution in [0.2, 0.25) is 0 Å². The van der Waals surface area contributed by atoms with Crippen LogP contribution in [0.1, 0.15) is 19.3 Å². The number of hydrogen-bond donors (Lipinski definition) is 2. The smallest absolute Gasteiger partial charge is 0.0105 e. The number of nitrogens with two attached hydrogens (primary N) is 2. The van der Waals surface area contributed by atoms with Gasteiger partial charge in [0.25, 0.3) is 0 Å². The number of rotatable bonds is 5. The van der Waals surface area contributed by atoms with E-state index in [1.165, 1.54) is 32.4 Å². The van der Waals surface area contributed by atoms with Crippen LogP contribution in [0.3, 0.4) is 0 Å². The average molecular weight is 171 g/mol. The van der Waals surface area contributed by atoms with Gasteiger partial charge < -0.3 is 16.4 Å². The van der Waals surface area contributed by atoms with E-state index in [9.17, 15) is 0 Å². The average Bonchev–Trinajstić information content (AvgIpc) is 2.50. The predicted molar refractivity (Wildman–Crippen MR) is 51.9 cm³/mol. The van der Waals surface area contributed by atoms with E-state index < -0.39 is 0 Å². The van der Waals surface area contributed by atoms with E-state index in [1.807, 2.05) is 0 Å². The fraction of sp³-hybridized carbons (Fsp3) is 1.00. The zero-order valence-corrected chi connectivity index (χ0v) is 7.84. The molecule has 1 aliphatic heterocycles. The van der Waals surface area contributed by atoms with Gasteiger partial charge in [-0.1, -0.05) is 0 Å². The monoisotopic (exact) mass is 171 g/mol. The van der Waals surface area contributed by atoms with Crippen LogP contribution in [0.5, 0.6) is 0 Å². The summed E-state index contributed by atoms with van der Waals surface area (Å²) in [5, 5.41) is 0. The van der Waals surface area contributed by atoms with Crippen molar-refractivity contribution in [1.82, 2.24) is 4.90 Å². The summed E-state index contributed by atoms with van der Waals surface area (Å²) < 4.78 is 0. The molecule has 1 aliphatic rings. The van der Waals surface area contributed by atoms with Crippen molar-refractivity contribution in [2.24, 2.45) is 17.4 Å². The van der Waals surface area contributed by atoms with Gasteiger partial charge >= 0.3 is 0 Å². The SMILES string of the molecule is NCCCC1CCN(CCN)C1. The molecule has 1 unspecified atom stereocenters. The first-order valence-electron chi connectivity index (χ1n) is 4.99. The zero-order valence-electron chi connectivity index (χ0n) is 7.84. The minimum atomic E-state index is 0.795. The van der Waals surface area contributed by atoms with Crippen LogP contribution in [0.15, 0.2) is 0 Å². The lowest BCUT2D eigenvalue weighted by Crippen LogP contribution is -2.27. The van der Waals surface area contributed by atoms with E-state index in [0.29, 0.717) is 0 Å². The molecule has 3 nitrogen and oxygen atoms in total. The summed E-state index contributed by atoms with van der Waals surface area (Å²) in [4.78, 5) is 2.46. The largest absolute Gasteiger partial charge is 0.330 e. The van der Waals surface area contributed by atoms with Crippen LogP contribution in [0.25, 0.3) is 0 Å². The Morgan fingerprint density at radius 1 is 1.25 bits per heavy atom. The highest BCUT2D eigenvalue weighted by atomic mass is 15.1. The highest BCUT2D eigenvalue weighted by molar-refractivity contribution is 4.75. The molecular formula is C9H21N3. The maximum absolute atomic E-state index is 5.49. The van der Waals surface area contributed by atoms with E-state index in [4.69, 9.17) is 11.5 Å². The van der Waals surface area contributed by atoms with Gasteiger partial charge in [-0.25, -0.2) is 0 Å². The summed E-state index contributed by atoms with van der Waals surface area (Å²) in [6.07, 6.45) is 3.83. The summed E-state index contributed by atoms with van der Waals surface area (Å²) in [6, 6.07) is 0. The van der Waals surface area contributed by atoms with Crippen molar-refractivity contribution in [3.8, 4) is 0 Å². The molecule has 0 radical (unpaired) electrons. The van der Waals surface area contributed by atoms with Crippen LogP contribution >= 0.6 is 0 Å². The fourth-order valence-electron chi connectivity index (χ4n) is 1.94. The van der Waals surface area contributed by atoms with Gasteiger partial charge in [0, 0.05) is 19.6 Å². The van der Waals surface area contributed by atoms with Crippen molar-refractivity contribution in [2.75, 3.05) is 32.7 Å². The molecule has 0 aromatic rings. The van der Waals surface area contributed by atoms with Crippen molar-refractivity contribution in [3.05, 3.63) is 0 Å². The maximum atomic E-state index is 5.49. The fourth-order valence-corrected chi connectivity index (χ4v) is 1.94. The quantitative estimate of drug-likeness (QED) is 0.612. The first kappa shape index (κ1) is 9.96. The van der Waals surface area contributed by atoms with Gasteiger partial charge in [0.05, 0.1) is 0 Å². The van der Waals surface area contributed by atoms with Gasteiger partial charge in [-0.3, -0.25) is 0 Å². The summed E-state index contributed by atoms with van der Waals surface area (Å²) in [5.74, 6) is 0.889. The predicted octanol–water partition coefficient (Wildman–Crippen LogP) is 0.00590. The van der Waals surface area contributed by atoms with Crippen molar-refractivity contribution in [3.63, 3.8) is 0 Å². The van der Waals surface area contributed by atoms with Crippen LogP contribution < -0.4 is 11.5 Å². The Kier molecular flexibility index (Phi) is 4.58. The number of hydrogen-bond acceptors (Lipinski definition) is 3. The van der Waals surface area contributed by atoms with E-state index in [1.54, 1.807) is 0 Å². The van der Waals surface area contributed by atoms with Gasteiger partial charge in [-0.05, 0) is 38.3 Å². The molecule has 0 aliphatic carbocycles. The topological polar surface area (TPSA) is 55.3 Å². The van der Waals surface area contributed by atoms with Crippen LogP contribution in [0.4, 0.5) is 0 Å². The molecule has 0 spiro atoms.